The average molecular weight is 362 g/mol. The zero-order valence-corrected chi connectivity index (χ0v) is 16.3. The summed E-state index contributed by atoms with van der Waals surface area (Å²) in [5.74, 6) is 0.234. The number of pyridine rings is 1. The van der Waals surface area contributed by atoms with E-state index in [1.54, 1.807) is 23.1 Å². The molecule has 0 atom stereocenters. The highest BCUT2D eigenvalue weighted by atomic mass is 16.5. The number of hydrogen-bond donors (Lipinski definition) is 2. The molecule has 1 saturated heterocycles. The first-order valence-corrected chi connectivity index (χ1v) is 9.16. The third-order valence-corrected chi connectivity index (χ3v) is 3.91. The van der Waals surface area contributed by atoms with Gasteiger partial charge in [-0.05, 0) is 53.5 Å². The van der Waals surface area contributed by atoms with Crippen LogP contribution in [-0.4, -0.2) is 52.6 Å². The summed E-state index contributed by atoms with van der Waals surface area (Å²) >= 11 is 0. The standard InChI is InChI=1S/C19H30N4O3/c1-13(2)26-16-8-6-7-15(21-16)17(24)20-14-9-11-23(12-10-14)18(25)22-19(3,4)5/h6-8,13-14H,9-12H2,1-5H3,(H,20,24)(H,22,25). The van der Waals surface area contributed by atoms with Crippen LogP contribution in [0.5, 0.6) is 5.88 Å². The first-order valence-electron chi connectivity index (χ1n) is 9.16. The predicted octanol–water partition coefficient (Wildman–Crippen LogP) is 2.57. The van der Waals surface area contributed by atoms with Crippen LogP contribution in [-0.2, 0) is 0 Å². The monoisotopic (exact) mass is 362 g/mol. The number of hydrogen-bond acceptors (Lipinski definition) is 4. The van der Waals surface area contributed by atoms with Crippen LogP contribution in [0.1, 0.15) is 57.9 Å². The summed E-state index contributed by atoms with van der Waals surface area (Å²) in [7, 11) is 0. The molecule has 0 unspecified atom stereocenters. The third kappa shape index (κ3) is 6.20. The number of amides is 3. The molecule has 0 radical (unpaired) electrons. The Hall–Kier alpha value is -2.31. The summed E-state index contributed by atoms with van der Waals surface area (Å²) in [6.07, 6.45) is 1.46. The van der Waals surface area contributed by atoms with Crippen molar-refractivity contribution in [2.45, 2.75) is 65.1 Å². The quantitative estimate of drug-likeness (QED) is 0.862. The van der Waals surface area contributed by atoms with E-state index in [-0.39, 0.29) is 29.6 Å². The van der Waals surface area contributed by atoms with Crippen LogP contribution in [0.4, 0.5) is 4.79 Å². The van der Waals surface area contributed by atoms with E-state index in [4.69, 9.17) is 4.74 Å². The minimum Gasteiger partial charge on any atom is -0.475 e. The molecule has 1 aromatic rings. The molecule has 2 N–H and O–H groups in total. The molecule has 26 heavy (non-hydrogen) atoms. The van der Waals surface area contributed by atoms with Crippen molar-refractivity contribution < 1.29 is 14.3 Å². The minimum absolute atomic E-state index is 0.00406. The Labute approximate surface area is 155 Å². The van der Waals surface area contributed by atoms with Gasteiger partial charge in [0.2, 0.25) is 5.88 Å². The Balaban J connectivity index is 1.85. The third-order valence-electron chi connectivity index (χ3n) is 3.91. The van der Waals surface area contributed by atoms with Crippen LogP contribution in [0.25, 0.3) is 0 Å². The fourth-order valence-corrected chi connectivity index (χ4v) is 2.73. The van der Waals surface area contributed by atoms with Crippen molar-refractivity contribution in [2.75, 3.05) is 13.1 Å². The number of carbonyl (C=O) groups is 2. The molecule has 1 fully saturated rings. The van der Waals surface area contributed by atoms with E-state index < -0.39 is 0 Å². The van der Waals surface area contributed by atoms with Gasteiger partial charge in [0.05, 0.1) is 6.10 Å². The van der Waals surface area contributed by atoms with Crippen LogP contribution in [0.15, 0.2) is 18.2 Å². The Morgan fingerprint density at radius 3 is 2.46 bits per heavy atom. The van der Waals surface area contributed by atoms with Gasteiger partial charge in [-0.25, -0.2) is 9.78 Å². The van der Waals surface area contributed by atoms with E-state index in [1.165, 1.54) is 0 Å². The molecule has 1 aromatic heterocycles. The van der Waals surface area contributed by atoms with Crippen LogP contribution < -0.4 is 15.4 Å². The lowest BCUT2D eigenvalue weighted by molar-refractivity contribution is 0.0910. The molecule has 0 aliphatic carbocycles. The van der Waals surface area contributed by atoms with E-state index in [1.807, 2.05) is 34.6 Å². The molecule has 7 heteroatoms. The van der Waals surface area contributed by atoms with E-state index in [9.17, 15) is 9.59 Å². The van der Waals surface area contributed by atoms with Crippen molar-refractivity contribution >= 4 is 11.9 Å². The Bertz CT molecular complexity index is 632. The molecule has 3 amide bonds. The number of likely N-dealkylation sites (tertiary alicyclic amines) is 1. The second kappa shape index (κ2) is 8.38. The van der Waals surface area contributed by atoms with Gasteiger partial charge >= 0.3 is 6.03 Å². The van der Waals surface area contributed by atoms with Gasteiger partial charge in [-0.15, -0.1) is 0 Å². The van der Waals surface area contributed by atoms with E-state index in [0.717, 1.165) is 12.8 Å². The molecule has 2 rings (SSSR count). The van der Waals surface area contributed by atoms with Crippen molar-refractivity contribution in [1.82, 2.24) is 20.5 Å². The lowest BCUT2D eigenvalue weighted by Crippen LogP contribution is -2.53. The number of rotatable bonds is 4. The average Bonchev–Trinajstić information content (AvgIpc) is 2.53. The number of piperidine rings is 1. The van der Waals surface area contributed by atoms with Gasteiger partial charge in [0.1, 0.15) is 5.69 Å². The van der Waals surface area contributed by atoms with Gasteiger partial charge in [-0.2, -0.15) is 0 Å². The fourth-order valence-electron chi connectivity index (χ4n) is 2.73. The summed E-state index contributed by atoms with van der Waals surface area (Å²) in [4.78, 5) is 30.7. The first kappa shape index (κ1) is 20.0. The molecule has 0 bridgehead atoms. The minimum atomic E-state index is -0.253. The maximum Gasteiger partial charge on any atom is 0.317 e. The first-order chi connectivity index (χ1) is 12.1. The number of ether oxygens (including phenoxy) is 1. The molecule has 0 aromatic carbocycles. The van der Waals surface area contributed by atoms with E-state index >= 15 is 0 Å². The SMILES string of the molecule is CC(C)Oc1cccc(C(=O)NC2CCN(C(=O)NC(C)(C)C)CC2)n1. The van der Waals surface area contributed by atoms with Crippen molar-refractivity contribution in [1.29, 1.82) is 0 Å². The van der Waals surface area contributed by atoms with Crippen molar-refractivity contribution in [2.24, 2.45) is 0 Å². The van der Waals surface area contributed by atoms with Gasteiger partial charge < -0.3 is 20.3 Å². The molecule has 7 nitrogen and oxygen atoms in total. The molecule has 1 aliphatic heterocycles. The molecule has 0 spiro atoms. The highest BCUT2D eigenvalue weighted by Crippen LogP contribution is 2.14. The summed E-state index contributed by atoms with van der Waals surface area (Å²) in [5, 5.41) is 5.98. The van der Waals surface area contributed by atoms with Crippen LogP contribution in [0.3, 0.4) is 0 Å². The van der Waals surface area contributed by atoms with Gasteiger partial charge in [-0.3, -0.25) is 4.79 Å². The zero-order valence-electron chi connectivity index (χ0n) is 16.3. The molecule has 0 saturated carbocycles. The van der Waals surface area contributed by atoms with Crippen molar-refractivity contribution in [3.63, 3.8) is 0 Å². The second-order valence-electron chi connectivity index (χ2n) is 7.94. The topological polar surface area (TPSA) is 83.6 Å². The lowest BCUT2D eigenvalue weighted by Gasteiger charge is -2.34. The predicted molar refractivity (Wildman–Crippen MR) is 100 cm³/mol. The van der Waals surface area contributed by atoms with Crippen LogP contribution >= 0.6 is 0 Å². The summed E-state index contributed by atoms with van der Waals surface area (Å²) in [6, 6.07) is 5.16. The zero-order chi connectivity index (χ0) is 19.3. The summed E-state index contributed by atoms with van der Waals surface area (Å²) < 4.78 is 5.53. The van der Waals surface area contributed by atoms with Gasteiger partial charge in [-0.1, -0.05) is 6.07 Å². The number of nitrogens with one attached hydrogen (secondary N) is 2. The molecule has 1 aliphatic rings. The highest BCUT2D eigenvalue weighted by molar-refractivity contribution is 5.92. The number of nitrogens with zero attached hydrogens (tertiary/aromatic N) is 2. The maximum atomic E-state index is 12.4. The van der Waals surface area contributed by atoms with E-state index in [2.05, 4.69) is 15.6 Å². The van der Waals surface area contributed by atoms with Gasteiger partial charge in [0.25, 0.3) is 5.91 Å². The maximum absolute atomic E-state index is 12.4. The van der Waals surface area contributed by atoms with Crippen LogP contribution in [0.2, 0.25) is 0 Å². The molecular formula is C19H30N4O3. The molecule has 144 valence electrons. The Morgan fingerprint density at radius 1 is 1.23 bits per heavy atom. The Morgan fingerprint density at radius 2 is 1.88 bits per heavy atom. The Kier molecular flexibility index (Phi) is 6.45. The number of carbonyl (C=O) groups excluding carboxylic acids is 2. The van der Waals surface area contributed by atoms with Crippen molar-refractivity contribution in [3.8, 4) is 5.88 Å². The van der Waals surface area contributed by atoms with Gasteiger partial charge in [0.15, 0.2) is 0 Å². The second-order valence-corrected chi connectivity index (χ2v) is 7.94. The van der Waals surface area contributed by atoms with Gasteiger partial charge in [0, 0.05) is 30.7 Å². The lowest BCUT2D eigenvalue weighted by atomic mass is 10.0. The highest BCUT2D eigenvalue weighted by Gasteiger charge is 2.26. The molecular weight excluding hydrogens is 332 g/mol. The normalized spacial score (nSPS) is 15.7. The van der Waals surface area contributed by atoms with Crippen molar-refractivity contribution in [3.05, 3.63) is 23.9 Å². The summed E-state index contributed by atoms with van der Waals surface area (Å²) in [6.45, 7) is 11.0. The van der Waals surface area contributed by atoms with Crippen LogP contribution in [0, 0.1) is 0 Å². The molecule has 2 heterocycles. The smallest absolute Gasteiger partial charge is 0.317 e. The number of urea groups is 1. The van der Waals surface area contributed by atoms with E-state index in [0.29, 0.717) is 24.7 Å². The number of aromatic nitrogens is 1. The summed E-state index contributed by atoms with van der Waals surface area (Å²) in [5.41, 5.74) is 0.0905. The fraction of sp³-hybridized carbons (Fsp3) is 0.632. The largest absolute Gasteiger partial charge is 0.475 e.